The maximum absolute atomic E-state index is 5.92. The molecule has 3 nitrogen and oxygen atoms in total. The summed E-state index contributed by atoms with van der Waals surface area (Å²) in [6.07, 6.45) is 3.61. The highest BCUT2D eigenvalue weighted by Crippen LogP contribution is 2.37. The molecule has 2 aromatic heterocycles. The Kier molecular flexibility index (Phi) is 6.49. The number of aryl methyl sites for hydroxylation is 4. The van der Waals surface area contributed by atoms with Crippen LogP contribution in [0.4, 0.5) is 0 Å². The highest BCUT2D eigenvalue weighted by Gasteiger charge is 2.38. The van der Waals surface area contributed by atoms with Crippen LogP contribution >= 0.6 is 11.3 Å². The van der Waals surface area contributed by atoms with E-state index in [9.17, 15) is 0 Å². The fraction of sp³-hybridized carbons (Fsp3) is 0.591. The van der Waals surface area contributed by atoms with Crippen molar-refractivity contribution in [2.24, 2.45) is 5.41 Å². The molecule has 1 fully saturated rings. The van der Waals surface area contributed by atoms with Gasteiger partial charge in [-0.25, -0.2) is 0 Å². The monoisotopic (exact) mass is 372 g/mol. The number of thiophene rings is 1. The average molecular weight is 373 g/mol. The summed E-state index contributed by atoms with van der Waals surface area (Å²) in [4.78, 5) is 8.64. The summed E-state index contributed by atoms with van der Waals surface area (Å²) in [5.74, 6) is 0. The SMILES string of the molecule is CCOC[C@@]1(CCc2csc(C)c2)CCN(Cc2ccc(C)nc2C)C1. The van der Waals surface area contributed by atoms with E-state index in [-0.39, 0.29) is 5.41 Å². The van der Waals surface area contributed by atoms with Gasteiger partial charge in [0.05, 0.1) is 6.61 Å². The molecule has 26 heavy (non-hydrogen) atoms. The van der Waals surface area contributed by atoms with E-state index in [1.54, 1.807) is 0 Å². The van der Waals surface area contributed by atoms with Gasteiger partial charge in [-0.1, -0.05) is 6.07 Å². The fourth-order valence-corrected chi connectivity index (χ4v) is 4.78. The Balaban J connectivity index is 1.64. The van der Waals surface area contributed by atoms with Crippen molar-refractivity contribution in [3.8, 4) is 0 Å². The van der Waals surface area contributed by atoms with E-state index in [1.165, 1.54) is 34.5 Å². The molecule has 0 radical (unpaired) electrons. The highest BCUT2D eigenvalue weighted by atomic mass is 32.1. The zero-order valence-corrected chi connectivity index (χ0v) is 17.5. The van der Waals surface area contributed by atoms with E-state index in [0.29, 0.717) is 0 Å². The molecule has 0 aliphatic carbocycles. The lowest BCUT2D eigenvalue weighted by molar-refractivity contribution is 0.0489. The first-order valence-corrected chi connectivity index (χ1v) is 10.6. The molecular weight excluding hydrogens is 340 g/mol. The highest BCUT2D eigenvalue weighted by molar-refractivity contribution is 7.10. The minimum atomic E-state index is 0.290. The fourth-order valence-electron chi connectivity index (χ4n) is 4.04. The number of nitrogens with zero attached hydrogens (tertiary/aromatic N) is 2. The molecule has 0 amide bonds. The van der Waals surface area contributed by atoms with Gasteiger partial charge in [-0.05, 0) is 82.1 Å². The van der Waals surface area contributed by atoms with Gasteiger partial charge < -0.3 is 4.74 Å². The number of rotatable bonds is 8. The Morgan fingerprint density at radius 1 is 1.27 bits per heavy atom. The molecule has 1 aliphatic rings. The minimum absolute atomic E-state index is 0.290. The number of aromatic nitrogens is 1. The maximum atomic E-state index is 5.92. The quantitative estimate of drug-likeness (QED) is 0.657. The third-order valence-electron chi connectivity index (χ3n) is 5.59. The summed E-state index contributed by atoms with van der Waals surface area (Å²) in [7, 11) is 0. The number of ether oxygens (including phenoxy) is 1. The normalized spacial score (nSPS) is 20.8. The van der Waals surface area contributed by atoms with Gasteiger partial charge in [-0.15, -0.1) is 11.3 Å². The van der Waals surface area contributed by atoms with Crippen molar-refractivity contribution < 1.29 is 4.74 Å². The average Bonchev–Trinajstić information content (AvgIpc) is 3.21. The molecule has 4 heteroatoms. The molecule has 1 saturated heterocycles. The van der Waals surface area contributed by atoms with Crippen LogP contribution in [-0.2, 0) is 17.7 Å². The van der Waals surface area contributed by atoms with Crippen molar-refractivity contribution in [1.29, 1.82) is 0 Å². The van der Waals surface area contributed by atoms with Crippen molar-refractivity contribution in [3.05, 3.63) is 51.0 Å². The predicted molar refractivity (Wildman–Crippen MR) is 110 cm³/mol. The second kappa shape index (κ2) is 8.64. The smallest absolute Gasteiger partial charge is 0.0535 e. The second-order valence-electron chi connectivity index (χ2n) is 7.86. The lowest BCUT2D eigenvalue weighted by Gasteiger charge is -2.29. The van der Waals surface area contributed by atoms with Crippen molar-refractivity contribution >= 4 is 11.3 Å². The summed E-state index contributed by atoms with van der Waals surface area (Å²) in [6.45, 7) is 13.5. The first-order valence-electron chi connectivity index (χ1n) is 9.77. The molecule has 2 aromatic rings. The Bertz CT molecular complexity index is 727. The molecule has 0 bridgehead atoms. The first-order chi connectivity index (χ1) is 12.5. The van der Waals surface area contributed by atoms with Gasteiger partial charge in [0.1, 0.15) is 0 Å². The van der Waals surface area contributed by atoms with Gasteiger partial charge in [0, 0.05) is 41.4 Å². The molecule has 3 heterocycles. The van der Waals surface area contributed by atoms with E-state index in [4.69, 9.17) is 4.74 Å². The van der Waals surface area contributed by atoms with Gasteiger partial charge >= 0.3 is 0 Å². The van der Waals surface area contributed by atoms with E-state index >= 15 is 0 Å². The Hall–Kier alpha value is -1.23. The van der Waals surface area contributed by atoms with E-state index < -0.39 is 0 Å². The van der Waals surface area contributed by atoms with Crippen molar-refractivity contribution in [3.63, 3.8) is 0 Å². The van der Waals surface area contributed by atoms with Gasteiger partial charge in [0.25, 0.3) is 0 Å². The van der Waals surface area contributed by atoms with Gasteiger partial charge in [0.15, 0.2) is 0 Å². The third kappa shape index (κ3) is 4.93. The summed E-state index contributed by atoms with van der Waals surface area (Å²) in [5, 5.41) is 2.32. The Labute approximate surface area is 162 Å². The van der Waals surface area contributed by atoms with Gasteiger partial charge in [-0.2, -0.15) is 0 Å². The summed E-state index contributed by atoms with van der Waals surface area (Å²) < 4.78 is 5.92. The Morgan fingerprint density at radius 3 is 2.81 bits per heavy atom. The largest absolute Gasteiger partial charge is 0.381 e. The van der Waals surface area contributed by atoms with Gasteiger partial charge in [0.2, 0.25) is 0 Å². The standard InChI is InChI=1S/C22H32N2OS/c1-5-25-16-22(9-8-20-12-18(3)26-14-20)10-11-24(15-22)13-21-7-6-17(2)23-19(21)4/h6-7,12,14H,5,8-11,13,15-16H2,1-4H3/t22-/m0/s1. The van der Waals surface area contributed by atoms with E-state index in [1.807, 2.05) is 11.3 Å². The topological polar surface area (TPSA) is 25.4 Å². The molecule has 0 saturated carbocycles. The molecule has 3 rings (SSSR count). The molecule has 0 N–H and O–H groups in total. The molecule has 0 spiro atoms. The van der Waals surface area contributed by atoms with Crippen molar-refractivity contribution in [2.45, 2.75) is 53.5 Å². The summed E-state index contributed by atoms with van der Waals surface area (Å²) in [5.41, 5.74) is 5.40. The number of hydrogen-bond donors (Lipinski definition) is 0. The van der Waals surface area contributed by atoms with Crippen LogP contribution < -0.4 is 0 Å². The van der Waals surface area contributed by atoms with Crippen molar-refractivity contribution in [2.75, 3.05) is 26.3 Å². The van der Waals surface area contributed by atoms with Crippen molar-refractivity contribution in [1.82, 2.24) is 9.88 Å². The van der Waals surface area contributed by atoms with E-state index in [0.717, 1.165) is 45.0 Å². The molecule has 0 unspecified atom stereocenters. The zero-order valence-electron chi connectivity index (χ0n) is 16.7. The second-order valence-corrected chi connectivity index (χ2v) is 8.98. The lowest BCUT2D eigenvalue weighted by atomic mass is 9.82. The predicted octanol–water partition coefficient (Wildman–Crippen LogP) is 4.93. The maximum Gasteiger partial charge on any atom is 0.0535 e. The van der Waals surface area contributed by atoms with Crippen LogP contribution in [-0.4, -0.2) is 36.2 Å². The number of likely N-dealkylation sites (tertiary alicyclic amines) is 1. The molecular formula is C22H32N2OS. The molecule has 0 aromatic carbocycles. The zero-order chi connectivity index (χ0) is 18.6. The molecule has 142 valence electrons. The van der Waals surface area contributed by atoms with Crippen LogP contribution in [0.25, 0.3) is 0 Å². The van der Waals surface area contributed by atoms with Crippen LogP contribution in [0.2, 0.25) is 0 Å². The lowest BCUT2D eigenvalue weighted by Crippen LogP contribution is -2.32. The van der Waals surface area contributed by atoms with Crippen LogP contribution in [0.15, 0.2) is 23.6 Å². The molecule has 1 atom stereocenters. The summed E-state index contributed by atoms with van der Waals surface area (Å²) in [6, 6.07) is 6.71. The Morgan fingerprint density at radius 2 is 2.12 bits per heavy atom. The van der Waals surface area contributed by atoms with Crippen LogP contribution in [0.3, 0.4) is 0 Å². The number of hydrogen-bond acceptors (Lipinski definition) is 4. The third-order valence-corrected chi connectivity index (χ3v) is 6.50. The van der Waals surface area contributed by atoms with E-state index in [2.05, 4.69) is 61.2 Å². The van der Waals surface area contributed by atoms with Crippen LogP contribution in [0, 0.1) is 26.2 Å². The minimum Gasteiger partial charge on any atom is -0.381 e. The first kappa shape index (κ1) is 19.5. The van der Waals surface area contributed by atoms with Gasteiger partial charge in [-0.3, -0.25) is 9.88 Å². The summed E-state index contributed by atoms with van der Waals surface area (Å²) >= 11 is 1.86. The van der Waals surface area contributed by atoms with Crippen LogP contribution in [0.5, 0.6) is 0 Å². The molecule has 1 aliphatic heterocycles. The number of pyridine rings is 1. The van der Waals surface area contributed by atoms with Crippen LogP contribution in [0.1, 0.15) is 47.2 Å².